The molecule has 0 unspecified atom stereocenters. The Balaban J connectivity index is 1.97. The topological polar surface area (TPSA) is 83.0 Å². The largest absolute Gasteiger partial charge is 0.594 e. The predicted octanol–water partition coefficient (Wildman–Crippen LogP) is 2.95. The molecule has 0 aliphatic rings. The Morgan fingerprint density at radius 1 is 1.05 bits per heavy atom. The van der Waals surface area contributed by atoms with Crippen molar-refractivity contribution in [3.8, 4) is 0 Å². The van der Waals surface area contributed by atoms with Crippen molar-refractivity contribution in [2.24, 2.45) is 0 Å². The van der Waals surface area contributed by atoms with Crippen molar-refractivity contribution in [3.05, 3.63) is 81.2 Å². The number of non-ortho nitro benzene ring substituents is 1. The molecule has 0 saturated heterocycles. The van der Waals surface area contributed by atoms with Crippen LogP contribution in [0, 0.1) is 15.3 Å². The minimum atomic E-state index is -0.440. The second kappa shape index (κ2) is 5.61. The molecule has 1 aromatic heterocycles. The highest BCUT2D eigenvalue weighted by atomic mass is 16.6. The van der Waals surface area contributed by atoms with Gasteiger partial charge in [-0.25, -0.2) is 0 Å². The number of benzene rings is 2. The summed E-state index contributed by atoms with van der Waals surface area (Å²) in [7, 11) is 0. The van der Waals surface area contributed by atoms with Gasteiger partial charge in [0, 0.05) is 22.6 Å². The van der Waals surface area contributed by atoms with E-state index in [1.165, 1.54) is 18.3 Å². The molecule has 0 saturated carbocycles. The Hall–Kier alpha value is -3.28. The smallest absolute Gasteiger partial charge is 0.269 e. The van der Waals surface area contributed by atoms with E-state index >= 15 is 0 Å². The molecule has 0 spiro atoms. The number of hydrogen-bond donors (Lipinski definition) is 0. The van der Waals surface area contributed by atoms with Crippen LogP contribution in [0.1, 0.15) is 11.1 Å². The van der Waals surface area contributed by atoms with Gasteiger partial charge < -0.3 is 5.21 Å². The molecule has 0 N–H and O–H groups in total. The van der Waals surface area contributed by atoms with E-state index in [0.29, 0.717) is 10.4 Å². The molecule has 0 aliphatic carbocycles. The maximum absolute atomic E-state index is 11.5. The zero-order chi connectivity index (χ0) is 15.5. The van der Waals surface area contributed by atoms with Gasteiger partial charge in [-0.05, 0) is 29.8 Å². The first-order chi connectivity index (χ1) is 10.6. The van der Waals surface area contributed by atoms with Gasteiger partial charge in [-0.1, -0.05) is 29.1 Å². The van der Waals surface area contributed by atoms with Crippen molar-refractivity contribution in [2.45, 2.75) is 0 Å². The summed E-state index contributed by atoms with van der Waals surface area (Å²) in [5, 5.41) is 26.9. The molecule has 6 heteroatoms. The molecule has 2 aromatic carbocycles. The summed E-state index contributed by atoms with van der Waals surface area (Å²) in [6, 6.07) is 13.6. The van der Waals surface area contributed by atoms with Crippen LogP contribution in [0.15, 0.2) is 54.7 Å². The fourth-order valence-electron chi connectivity index (χ4n) is 2.15. The number of nitro benzene ring substituents is 1. The summed E-state index contributed by atoms with van der Waals surface area (Å²) in [5.41, 5.74) is 2.20. The van der Waals surface area contributed by atoms with E-state index in [9.17, 15) is 15.3 Å². The van der Waals surface area contributed by atoms with Crippen LogP contribution in [0.4, 0.5) is 5.69 Å². The van der Waals surface area contributed by atoms with Crippen LogP contribution in [0.2, 0.25) is 0 Å². The Kier molecular flexibility index (Phi) is 3.49. The van der Waals surface area contributed by atoms with E-state index in [2.05, 4.69) is 5.10 Å². The molecule has 0 aliphatic heterocycles. The average molecular weight is 293 g/mol. The van der Waals surface area contributed by atoms with Crippen molar-refractivity contribution < 1.29 is 9.77 Å². The van der Waals surface area contributed by atoms with E-state index < -0.39 is 4.92 Å². The molecule has 0 amide bonds. The summed E-state index contributed by atoms with van der Waals surface area (Å²) in [6.07, 6.45) is 4.98. The van der Waals surface area contributed by atoms with Crippen LogP contribution < -0.4 is 4.85 Å². The van der Waals surface area contributed by atoms with Gasteiger partial charge in [0.05, 0.1) is 10.5 Å². The molecule has 0 fully saturated rings. The standard InChI is InChI=1S/C16H11N3O3/c20-18-11-13(15-3-1-2-4-16(15)17-18)8-5-12-6-9-14(10-7-12)19(21)22/h1-11H/b8-5-. The minimum absolute atomic E-state index is 0.0453. The highest BCUT2D eigenvalue weighted by molar-refractivity contribution is 5.89. The van der Waals surface area contributed by atoms with Gasteiger partial charge in [0.1, 0.15) is 5.52 Å². The van der Waals surface area contributed by atoms with Gasteiger partial charge >= 0.3 is 0 Å². The van der Waals surface area contributed by atoms with Gasteiger partial charge in [-0.2, -0.15) is 0 Å². The first kappa shape index (κ1) is 13.7. The van der Waals surface area contributed by atoms with Crippen LogP contribution >= 0.6 is 0 Å². The molecule has 3 aromatic rings. The fraction of sp³-hybridized carbons (Fsp3) is 0. The molecule has 1 heterocycles. The maximum Gasteiger partial charge on any atom is 0.269 e. The average Bonchev–Trinajstić information content (AvgIpc) is 2.52. The molecule has 0 radical (unpaired) electrons. The fourth-order valence-corrected chi connectivity index (χ4v) is 2.15. The molecule has 22 heavy (non-hydrogen) atoms. The Labute approximate surface area is 125 Å². The maximum atomic E-state index is 11.5. The van der Waals surface area contributed by atoms with Crippen LogP contribution in [-0.2, 0) is 0 Å². The Morgan fingerprint density at radius 2 is 1.77 bits per heavy atom. The first-order valence-corrected chi connectivity index (χ1v) is 6.55. The monoisotopic (exact) mass is 293 g/mol. The SMILES string of the molecule is O=[N+]([O-])c1ccc(/C=C\c2c[n+]([O-])nc3ccccc23)cc1. The minimum Gasteiger partial charge on any atom is -0.594 e. The van der Waals surface area contributed by atoms with Crippen molar-refractivity contribution >= 4 is 28.7 Å². The lowest BCUT2D eigenvalue weighted by atomic mass is 10.1. The summed E-state index contributed by atoms with van der Waals surface area (Å²) >= 11 is 0. The molecule has 6 nitrogen and oxygen atoms in total. The molecule has 108 valence electrons. The van der Waals surface area contributed by atoms with E-state index in [1.807, 2.05) is 18.2 Å². The summed E-state index contributed by atoms with van der Waals surface area (Å²) in [6.45, 7) is 0. The lowest BCUT2D eigenvalue weighted by Crippen LogP contribution is -2.30. The van der Waals surface area contributed by atoms with Crippen molar-refractivity contribution in [3.63, 3.8) is 0 Å². The lowest BCUT2D eigenvalue weighted by molar-refractivity contribution is -0.666. The third-order valence-electron chi connectivity index (χ3n) is 3.23. The third-order valence-corrected chi connectivity index (χ3v) is 3.23. The summed E-state index contributed by atoms with van der Waals surface area (Å²) in [4.78, 5) is 10.7. The molecule has 3 rings (SSSR count). The number of rotatable bonds is 3. The second-order valence-corrected chi connectivity index (χ2v) is 4.69. The lowest BCUT2D eigenvalue weighted by Gasteiger charge is -2.01. The normalized spacial score (nSPS) is 11.1. The summed E-state index contributed by atoms with van der Waals surface area (Å²) in [5.74, 6) is 0. The van der Waals surface area contributed by atoms with Gasteiger partial charge in [-0.15, -0.1) is 0 Å². The second-order valence-electron chi connectivity index (χ2n) is 4.69. The van der Waals surface area contributed by atoms with Gasteiger partial charge in [0.15, 0.2) is 0 Å². The van der Waals surface area contributed by atoms with Crippen molar-refractivity contribution in [1.29, 1.82) is 0 Å². The van der Waals surface area contributed by atoms with E-state index in [-0.39, 0.29) is 5.69 Å². The Morgan fingerprint density at radius 3 is 2.50 bits per heavy atom. The number of nitro groups is 1. The highest BCUT2D eigenvalue weighted by Gasteiger charge is 2.06. The first-order valence-electron chi connectivity index (χ1n) is 6.55. The molecule has 0 bridgehead atoms. The summed E-state index contributed by atoms with van der Waals surface area (Å²) < 4.78 is 0. The number of fused-ring (bicyclic) bond motifs is 1. The van der Waals surface area contributed by atoms with Crippen molar-refractivity contribution in [2.75, 3.05) is 0 Å². The zero-order valence-electron chi connectivity index (χ0n) is 11.4. The molecular weight excluding hydrogens is 282 g/mol. The van der Waals surface area contributed by atoms with Crippen LogP contribution in [0.25, 0.3) is 23.1 Å². The van der Waals surface area contributed by atoms with E-state index in [1.54, 1.807) is 30.4 Å². The van der Waals surface area contributed by atoms with Crippen LogP contribution in [0.3, 0.4) is 0 Å². The predicted molar refractivity (Wildman–Crippen MR) is 82.7 cm³/mol. The third kappa shape index (κ3) is 2.76. The zero-order valence-corrected chi connectivity index (χ0v) is 11.4. The van der Waals surface area contributed by atoms with E-state index in [0.717, 1.165) is 16.5 Å². The van der Waals surface area contributed by atoms with Gasteiger partial charge in [0.2, 0.25) is 6.20 Å². The van der Waals surface area contributed by atoms with Gasteiger partial charge in [-0.3, -0.25) is 10.1 Å². The van der Waals surface area contributed by atoms with E-state index in [4.69, 9.17) is 0 Å². The van der Waals surface area contributed by atoms with Gasteiger partial charge in [0.25, 0.3) is 5.69 Å². The highest BCUT2D eigenvalue weighted by Crippen LogP contribution is 2.18. The quantitative estimate of drug-likeness (QED) is 0.322. The van der Waals surface area contributed by atoms with Crippen LogP contribution in [-0.4, -0.2) is 10.0 Å². The number of aromatic nitrogens is 2. The number of hydrogen-bond acceptors (Lipinski definition) is 4. The Bertz CT molecular complexity index is 873. The number of nitrogens with zero attached hydrogens (tertiary/aromatic N) is 3. The molecular formula is C16H11N3O3. The molecule has 0 atom stereocenters. The van der Waals surface area contributed by atoms with Crippen LogP contribution in [0.5, 0.6) is 0 Å². The van der Waals surface area contributed by atoms with Crippen molar-refractivity contribution in [1.82, 2.24) is 5.10 Å².